The summed E-state index contributed by atoms with van der Waals surface area (Å²) in [5.74, 6) is -9.71. The average molecular weight is 1200 g/mol. The SMILES string of the molecule is C/C=C/C[C@@H](C)[C@@H](O)[C@@H]1C(=O)N[C@H](CC)C(=O)N(C)CC(=O)N(C)[C@@H](CC(C)C)C(=O)N[C@H](C(C)C)C(=O)N(C)[C@H](CC(C)C)C(=O)N[C@H](C)C(=O)N[C@@H](C)C(=O)N(C)[C@@H](CC(C)C)C(=O)N(C)[C@H](CC(C)C)C(=O)N(C)[C@H](C(C)C)C(=O)N1C. The summed E-state index contributed by atoms with van der Waals surface area (Å²) in [5, 5.41) is 23.1. The van der Waals surface area contributed by atoms with E-state index in [9.17, 15) is 48.3 Å². The van der Waals surface area contributed by atoms with E-state index >= 15 is 9.59 Å². The molecule has 1 saturated heterocycles. The Kier molecular flexibility index (Phi) is 31.5. The summed E-state index contributed by atoms with van der Waals surface area (Å²) in [6.07, 6.45) is 3.04. The van der Waals surface area contributed by atoms with Gasteiger partial charge in [0, 0.05) is 49.3 Å². The normalized spacial score (nSPS) is 26.9. The van der Waals surface area contributed by atoms with Gasteiger partial charge in [0.25, 0.3) is 0 Å². The minimum Gasteiger partial charge on any atom is -0.390 e. The van der Waals surface area contributed by atoms with Gasteiger partial charge in [-0.05, 0) is 101 Å². The van der Waals surface area contributed by atoms with Gasteiger partial charge in [-0.15, -0.1) is 0 Å². The molecule has 85 heavy (non-hydrogen) atoms. The van der Waals surface area contributed by atoms with E-state index in [0.29, 0.717) is 6.42 Å². The van der Waals surface area contributed by atoms with Crippen LogP contribution in [0.3, 0.4) is 0 Å². The molecule has 0 radical (unpaired) electrons. The number of hydrogen-bond donors (Lipinski definition) is 5. The fraction of sp³-hybridized carbons (Fsp3) is 0.790. The third-order valence-corrected chi connectivity index (χ3v) is 16.1. The maximum Gasteiger partial charge on any atom is 0.246 e. The molecule has 23 nitrogen and oxygen atoms in total. The van der Waals surface area contributed by atoms with Crippen molar-refractivity contribution in [3.63, 3.8) is 0 Å². The first-order valence-electron chi connectivity index (χ1n) is 30.6. The molecule has 11 amide bonds. The van der Waals surface area contributed by atoms with E-state index in [0.717, 1.165) is 9.80 Å². The van der Waals surface area contributed by atoms with Crippen molar-refractivity contribution in [2.75, 3.05) is 55.9 Å². The number of rotatable bonds is 15. The lowest BCUT2D eigenvalue weighted by atomic mass is 9.91. The molecule has 5 N–H and O–H groups in total. The second-order valence-corrected chi connectivity index (χ2v) is 26.1. The van der Waals surface area contributed by atoms with Crippen molar-refractivity contribution in [3.8, 4) is 0 Å². The first-order chi connectivity index (χ1) is 39.2. The standard InChI is InChI=1S/C62H111N11O12/c1-25-27-28-40(15)52(75)51-56(79)65-43(26-2)58(81)67(18)33-48(74)68(19)44(29-34(3)4)55(78)66-49(38(11)12)61(84)69(20)45(30-35(5)6)54(77)63-41(16)53(76)64-42(17)57(80)70(21)46(31-36(7)8)59(82)71(22)47(32-37(9)10)60(83)72(23)50(39(13)14)62(85)73(51)24/h25,27,34-47,49-52,75H,26,28-33H2,1-24H3,(H,63,77)(H,64,76)(H,65,79)(H,66,78)/b27-25+/t40-,41-,42+,43-,44+,45-,46+,47-,49-,50-,51-,52-/m1/s1. The van der Waals surface area contributed by atoms with E-state index in [1.165, 1.54) is 87.7 Å². The fourth-order valence-electron chi connectivity index (χ4n) is 10.7. The van der Waals surface area contributed by atoms with Gasteiger partial charge in [0.1, 0.15) is 60.4 Å². The molecule has 0 spiro atoms. The van der Waals surface area contributed by atoms with Gasteiger partial charge in [0.05, 0.1) is 12.6 Å². The Balaban J connectivity index is 4.32. The molecule has 0 aromatic carbocycles. The summed E-state index contributed by atoms with van der Waals surface area (Å²) in [5.41, 5.74) is 0. The van der Waals surface area contributed by atoms with E-state index in [1.807, 2.05) is 61.5 Å². The number of carbonyl (C=O) groups excluding carboxylic acids is 11. The molecule has 23 heteroatoms. The molecule has 0 saturated carbocycles. The van der Waals surface area contributed by atoms with Crippen LogP contribution in [0.15, 0.2) is 12.2 Å². The lowest BCUT2D eigenvalue weighted by Gasteiger charge is -2.41. The van der Waals surface area contributed by atoms with E-state index < -0.39 is 156 Å². The first-order valence-corrected chi connectivity index (χ1v) is 30.6. The third-order valence-electron chi connectivity index (χ3n) is 16.1. The van der Waals surface area contributed by atoms with Crippen molar-refractivity contribution in [1.29, 1.82) is 0 Å². The van der Waals surface area contributed by atoms with Gasteiger partial charge in [-0.2, -0.15) is 0 Å². The zero-order valence-electron chi connectivity index (χ0n) is 56.1. The fourth-order valence-corrected chi connectivity index (χ4v) is 10.7. The molecule has 0 unspecified atom stereocenters. The van der Waals surface area contributed by atoms with Crippen LogP contribution in [0.4, 0.5) is 0 Å². The number of aliphatic hydroxyl groups is 1. The number of likely N-dealkylation sites (N-methyl/N-ethyl adjacent to an activating group) is 7. The number of nitrogens with zero attached hydrogens (tertiary/aromatic N) is 7. The lowest BCUT2D eigenvalue weighted by molar-refractivity contribution is -0.157. The Morgan fingerprint density at radius 2 is 0.871 bits per heavy atom. The second-order valence-electron chi connectivity index (χ2n) is 26.1. The van der Waals surface area contributed by atoms with Crippen LogP contribution in [0.25, 0.3) is 0 Å². The van der Waals surface area contributed by atoms with Crippen LogP contribution in [0, 0.1) is 41.4 Å². The van der Waals surface area contributed by atoms with Crippen molar-refractivity contribution in [1.82, 2.24) is 55.6 Å². The Bertz CT molecular complexity index is 2330. The van der Waals surface area contributed by atoms with E-state index in [2.05, 4.69) is 21.3 Å². The molecular formula is C62H111N11O12. The molecule has 12 atom stereocenters. The third kappa shape index (κ3) is 21.7. The summed E-state index contributed by atoms with van der Waals surface area (Å²) in [4.78, 5) is 169. The molecule has 0 aromatic heterocycles. The molecule has 1 rings (SSSR count). The van der Waals surface area contributed by atoms with E-state index in [4.69, 9.17) is 0 Å². The summed E-state index contributed by atoms with van der Waals surface area (Å²) in [6, 6.07) is -12.3. The Morgan fingerprint density at radius 3 is 1.32 bits per heavy atom. The first kappa shape index (κ1) is 76.9. The Hall–Kier alpha value is -6.13. The molecule has 1 aliphatic heterocycles. The molecule has 0 aliphatic carbocycles. The van der Waals surface area contributed by atoms with Gasteiger partial charge in [-0.25, -0.2) is 0 Å². The highest BCUT2D eigenvalue weighted by atomic mass is 16.3. The maximum absolute atomic E-state index is 15.1. The molecule has 1 fully saturated rings. The Morgan fingerprint density at radius 1 is 0.459 bits per heavy atom. The van der Waals surface area contributed by atoms with Crippen molar-refractivity contribution in [3.05, 3.63) is 12.2 Å². The van der Waals surface area contributed by atoms with E-state index in [1.54, 1.807) is 54.5 Å². The lowest BCUT2D eigenvalue weighted by Crippen LogP contribution is -2.63. The van der Waals surface area contributed by atoms with Crippen LogP contribution in [0.1, 0.15) is 156 Å². The zero-order valence-corrected chi connectivity index (χ0v) is 56.1. The van der Waals surface area contributed by atoms with Crippen LogP contribution in [-0.2, 0) is 52.7 Å². The molecule has 1 aliphatic rings. The summed E-state index contributed by atoms with van der Waals surface area (Å²) in [7, 11) is 9.92. The maximum atomic E-state index is 15.1. The minimum absolute atomic E-state index is 0.0229. The predicted octanol–water partition coefficient (Wildman–Crippen LogP) is 3.27. The van der Waals surface area contributed by atoms with E-state index in [-0.39, 0.29) is 55.8 Å². The number of nitrogens with one attached hydrogen (secondary N) is 4. The molecule has 0 bridgehead atoms. The van der Waals surface area contributed by atoms with Crippen LogP contribution < -0.4 is 21.3 Å². The summed E-state index contributed by atoms with van der Waals surface area (Å²) >= 11 is 0. The highest BCUT2D eigenvalue weighted by Gasteiger charge is 2.45. The number of amides is 11. The monoisotopic (exact) mass is 1200 g/mol. The second kappa shape index (κ2) is 34.9. The van der Waals surface area contributed by atoms with Gasteiger partial charge in [-0.1, -0.05) is 109 Å². The van der Waals surface area contributed by atoms with Crippen molar-refractivity contribution < 1.29 is 57.8 Å². The van der Waals surface area contributed by atoms with Crippen LogP contribution >= 0.6 is 0 Å². The highest BCUT2D eigenvalue weighted by Crippen LogP contribution is 2.26. The summed E-state index contributed by atoms with van der Waals surface area (Å²) < 4.78 is 0. The van der Waals surface area contributed by atoms with Gasteiger partial charge in [0.15, 0.2) is 0 Å². The van der Waals surface area contributed by atoms with Gasteiger partial charge < -0.3 is 60.7 Å². The molecule has 1 heterocycles. The number of aliphatic hydroxyl groups excluding tert-OH is 1. The summed E-state index contributed by atoms with van der Waals surface area (Å²) in [6.45, 7) is 29.3. The van der Waals surface area contributed by atoms with Crippen LogP contribution in [0.5, 0.6) is 0 Å². The largest absolute Gasteiger partial charge is 0.390 e. The highest BCUT2D eigenvalue weighted by molar-refractivity contribution is 5.99. The number of allylic oxidation sites excluding steroid dienone is 2. The predicted molar refractivity (Wildman–Crippen MR) is 328 cm³/mol. The molecular weight excluding hydrogens is 1090 g/mol. The topological polar surface area (TPSA) is 279 Å². The number of carbonyl (C=O) groups is 11. The van der Waals surface area contributed by atoms with Crippen molar-refractivity contribution in [2.45, 2.75) is 223 Å². The molecule has 0 aromatic rings. The van der Waals surface area contributed by atoms with Crippen molar-refractivity contribution in [2.24, 2.45) is 41.4 Å². The molecule has 486 valence electrons. The Labute approximate surface area is 508 Å². The van der Waals surface area contributed by atoms with Gasteiger partial charge in [0.2, 0.25) is 65.0 Å². The quantitative estimate of drug-likeness (QED) is 0.148. The van der Waals surface area contributed by atoms with Gasteiger partial charge in [-0.3, -0.25) is 52.7 Å². The van der Waals surface area contributed by atoms with Gasteiger partial charge >= 0.3 is 0 Å². The smallest absolute Gasteiger partial charge is 0.246 e. The minimum atomic E-state index is -1.61. The van der Waals surface area contributed by atoms with Crippen LogP contribution in [0.2, 0.25) is 0 Å². The van der Waals surface area contributed by atoms with Crippen molar-refractivity contribution >= 4 is 65.0 Å². The average Bonchev–Trinajstić information content (AvgIpc) is 3.62. The number of hydrogen-bond acceptors (Lipinski definition) is 12. The van der Waals surface area contributed by atoms with Crippen LogP contribution in [-0.4, -0.2) is 227 Å². The zero-order chi connectivity index (χ0) is 66.0.